The summed E-state index contributed by atoms with van der Waals surface area (Å²) in [4.78, 5) is 14.7. The lowest BCUT2D eigenvalue weighted by Gasteiger charge is -2.23. The van der Waals surface area contributed by atoms with E-state index in [1.54, 1.807) is 18.2 Å². The van der Waals surface area contributed by atoms with Crippen molar-refractivity contribution in [2.45, 2.75) is 32.7 Å². The van der Waals surface area contributed by atoms with Crippen LogP contribution >= 0.6 is 11.6 Å². The minimum absolute atomic E-state index is 0.0212. The number of halogens is 1. The first-order chi connectivity index (χ1) is 10.1. The van der Waals surface area contributed by atoms with Crippen molar-refractivity contribution < 1.29 is 9.53 Å². The molecule has 0 radical (unpaired) electrons. The van der Waals surface area contributed by atoms with Gasteiger partial charge in [0.2, 0.25) is 0 Å². The zero-order chi connectivity index (χ0) is 15.4. The molecule has 116 valence electrons. The zero-order valence-electron chi connectivity index (χ0n) is 12.6. The van der Waals surface area contributed by atoms with E-state index in [0.29, 0.717) is 41.9 Å². The summed E-state index contributed by atoms with van der Waals surface area (Å²) in [5.74, 6) is 0.963. The summed E-state index contributed by atoms with van der Waals surface area (Å²) in [5.41, 5.74) is 6.28. The van der Waals surface area contributed by atoms with Crippen molar-refractivity contribution in [1.29, 1.82) is 0 Å². The summed E-state index contributed by atoms with van der Waals surface area (Å²) in [5, 5.41) is 0.546. The molecule has 0 saturated carbocycles. The molecule has 2 unspecified atom stereocenters. The van der Waals surface area contributed by atoms with Gasteiger partial charge in [0.25, 0.3) is 5.91 Å². The third-order valence-electron chi connectivity index (χ3n) is 3.89. The molecule has 0 bridgehead atoms. The lowest BCUT2D eigenvalue weighted by molar-refractivity contribution is 0.0739. The predicted molar refractivity (Wildman–Crippen MR) is 84.9 cm³/mol. The number of rotatable bonds is 5. The van der Waals surface area contributed by atoms with Crippen LogP contribution in [0.2, 0.25) is 5.02 Å². The van der Waals surface area contributed by atoms with Gasteiger partial charge in [0.05, 0.1) is 12.2 Å². The molecular formula is C16H23ClN2O2. The predicted octanol–water partition coefficient (Wildman–Crippen LogP) is 2.94. The molecule has 1 heterocycles. The number of nitrogens with zero attached hydrogens (tertiary/aromatic N) is 1. The lowest BCUT2D eigenvalue weighted by atomic mass is 10.1. The van der Waals surface area contributed by atoms with Gasteiger partial charge in [0.15, 0.2) is 0 Å². The van der Waals surface area contributed by atoms with Gasteiger partial charge in [-0.3, -0.25) is 4.79 Å². The van der Waals surface area contributed by atoms with Gasteiger partial charge in [-0.05, 0) is 50.4 Å². The van der Waals surface area contributed by atoms with E-state index in [9.17, 15) is 4.79 Å². The molecule has 1 aliphatic rings. The van der Waals surface area contributed by atoms with Crippen LogP contribution in [0, 0.1) is 5.92 Å². The Balaban J connectivity index is 2.23. The highest BCUT2D eigenvalue weighted by atomic mass is 35.5. The minimum Gasteiger partial charge on any atom is -0.493 e. The average Bonchev–Trinajstić information content (AvgIpc) is 2.86. The quantitative estimate of drug-likeness (QED) is 0.909. The van der Waals surface area contributed by atoms with E-state index >= 15 is 0 Å². The van der Waals surface area contributed by atoms with E-state index in [1.165, 1.54) is 0 Å². The van der Waals surface area contributed by atoms with Crippen LogP contribution in [0.5, 0.6) is 5.75 Å². The molecule has 0 spiro atoms. The molecule has 1 aliphatic heterocycles. The number of hydrogen-bond acceptors (Lipinski definition) is 3. The largest absolute Gasteiger partial charge is 0.493 e. The lowest BCUT2D eigenvalue weighted by Crippen LogP contribution is -2.34. The molecule has 1 saturated heterocycles. The number of carbonyl (C=O) groups excluding carboxylic acids is 1. The summed E-state index contributed by atoms with van der Waals surface area (Å²) < 4.78 is 5.68. The van der Waals surface area contributed by atoms with Gasteiger partial charge in [-0.25, -0.2) is 0 Å². The Kier molecular flexibility index (Phi) is 5.48. The number of nitrogens with two attached hydrogens (primary N) is 1. The second-order valence-corrected chi connectivity index (χ2v) is 6.07. The van der Waals surface area contributed by atoms with Gasteiger partial charge < -0.3 is 15.4 Å². The highest BCUT2D eigenvalue weighted by Crippen LogP contribution is 2.29. The molecule has 2 N–H and O–H groups in total. The number of amides is 1. The minimum atomic E-state index is -0.0212. The molecule has 0 aromatic heterocycles. The van der Waals surface area contributed by atoms with Crippen molar-refractivity contribution in [2.24, 2.45) is 11.7 Å². The van der Waals surface area contributed by atoms with Crippen LogP contribution in [0.15, 0.2) is 18.2 Å². The van der Waals surface area contributed by atoms with E-state index in [4.69, 9.17) is 22.1 Å². The van der Waals surface area contributed by atoms with Crippen molar-refractivity contribution in [3.8, 4) is 5.75 Å². The van der Waals surface area contributed by atoms with Gasteiger partial charge in [-0.1, -0.05) is 18.5 Å². The molecule has 21 heavy (non-hydrogen) atoms. The first-order valence-electron chi connectivity index (χ1n) is 7.50. The molecule has 1 amide bonds. The third-order valence-corrected chi connectivity index (χ3v) is 4.12. The zero-order valence-corrected chi connectivity index (χ0v) is 13.4. The summed E-state index contributed by atoms with van der Waals surface area (Å²) >= 11 is 6.05. The van der Waals surface area contributed by atoms with Crippen LogP contribution < -0.4 is 10.5 Å². The topological polar surface area (TPSA) is 55.6 Å². The molecule has 5 heteroatoms. The Hall–Kier alpha value is -1.26. The Labute approximate surface area is 131 Å². The van der Waals surface area contributed by atoms with Crippen molar-refractivity contribution >= 4 is 17.5 Å². The highest BCUT2D eigenvalue weighted by Gasteiger charge is 2.33. The van der Waals surface area contributed by atoms with Gasteiger partial charge in [-0.2, -0.15) is 0 Å². The monoisotopic (exact) mass is 310 g/mol. The van der Waals surface area contributed by atoms with E-state index in [1.807, 2.05) is 11.8 Å². The highest BCUT2D eigenvalue weighted by molar-refractivity contribution is 6.31. The van der Waals surface area contributed by atoms with Crippen molar-refractivity contribution in [2.75, 3.05) is 19.7 Å². The fourth-order valence-electron chi connectivity index (χ4n) is 2.76. The number of hydrogen-bond donors (Lipinski definition) is 1. The fourth-order valence-corrected chi connectivity index (χ4v) is 2.93. The molecule has 1 aromatic rings. The van der Waals surface area contributed by atoms with E-state index in [2.05, 4.69) is 6.92 Å². The number of carbonyl (C=O) groups is 1. The SMILES string of the molecule is CCCOc1ccc(Cl)cc1C(=O)N1CC(CN)CC1C. The van der Waals surface area contributed by atoms with Crippen LogP contribution in [0.1, 0.15) is 37.0 Å². The van der Waals surface area contributed by atoms with E-state index in [0.717, 1.165) is 12.8 Å². The second kappa shape index (κ2) is 7.14. The van der Waals surface area contributed by atoms with Crippen molar-refractivity contribution in [3.05, 3.63) is 28.8 Å². The Bertz CT molecular complexity index is 507. The van der Waals surface area contributed by atoms with E-state index in [-0.39, 0.29) is 11.9 Å². The summed E-state index contributed by atoms with van der Waals surface area (Å²) in [6.07, 6.45) is 1.85. The summed E-state index contributed by atoms with van der Waals surface area (Å²) in [6.45, 7) is 6.00. The smallest absolute Gasteiger partial charge is 0.257 e. The van der Waals surface area contributed by atoms with Crippen LogP contribution in [0.3, 0.4) is 0 Å². The van der Waals surface area contributed by atoms with Crippen molar-refractivity contribution in [1.82, 2.24) is 4.90 Å². The maximum Gasteiger partial charge on any atom is 0.257 e. The first-order valence-corrected chi connectivity index (χ1v) is 7.88. The average molecular weight is 311 g/mol. The summed E-state index contributed by atoms with van der Waals surface area (Å²) in [6, 6.07) is 5.41. The second-order valence-electron chi connectivity index (χ2n) is 5.63. The van der Waals surface area contributed by atoms with Gasteiger partial charge >= 0.3 is 0 Å². The molecule has 2 atom stereocenters. The fraction of sp³-hybridized carbons (Fsp3) is 0.562. The van der Waals surface area contributed by atoms with E-state index < -0.39 is 0 Å². The van der Waals surface area contributed by atoms with Crippen LogP contribution in [-0.4, -0.2) is 36.5 Å². The Morgan fingerprint density at radius 2 is 2.29 bits per heavy atom. The molecule has 4 nitrogen and oxygen atoms in total. The number of benzene rings is 1. The maximum absolute atomic E-state index is 12.8. The number of likely N-dealkylation sites (tertiary alicyclic amines) is 1. The summed E-state index contributed by atoms with van der Waals surface area (Å²) in [7, 11) is 0. The third kappa shape index (κ3) is 3.69. The van der Waals surface area contributed by atoms with Crippen molar-refractivity contribution in [3.63, 3.8) is 0 Å². The van der Waals surface area contributed by atoms with Gasteiger partial charge in [0, 0.05) is 17.6 Å². The number of ether oxygens (including phenoxy) is 1. The molecule has 1 fully saturated rings. The Morgan fingerprint density at radius 1 is 1.52 bits per heavy atom. The first kappa shape index (κ1) is 16.1. The van der Waals surface area contributed by atoms with Gasteiger partial charge in [0.1, 0.15) is 5.75 Å². The molecule has 0 aliphatic carbocycles. The molecular weight excluding hydrogens is 288 g/mol. The van der Waals surface area contributed by atoms with Gasteiger partial charge in [-0.15, -0.1) is 0 Å². The Morgan fingerprint density at radius 3 is 2.90 bits per heavy atom. The molecule has 1 aromatic carbocycles. The maximum atomic E-state index is 12.8. The standard InChI is InChI=1S/C16H23ClN2O2/c1-3-6-21-15-5-4-13(17)8-14(15)16(20)19-10-12(9-18)7-11(19)2/h4-5,8,11-12H,3,6-7,9-10,18H2,1-2H3. The molecule has 2 rings (SSSR count). The van der Waals surface area contributed by atoms with Crippen LogP contribution in [0.25, 0.3) is 0 Å². The van der Waals surface area contributed by atoms with Crippen LogP contribution in [0.4, 0.5) is 0 Å². The normalized spacial score (nSPS) is 21.6. The van der Waals surface area contributed by atoms with Crippen LogP contribution in [-0.2, 0) is 0 Å².